The van der Waals surface area contributed by atoms with E-state index in [1.807, 2.05) is 60.7 Å². The first-order valence-corrected chi connectivity index (χ1v) is 7.86. The molecular formula is C16H17O4P. The second-order valence-corrected chi connectivity index (χ2v) is 6.00. The first-order chi connectivity index (χ1) is 10.2. The summed E-state index contributed by atoms with van der Waals surface area (Å²) in [6.45, 7) is 0. The van der Waals surface area contributed by atoms with E-state index >= 15 is 0 Å². The SMILES string of the molecule is COP(=O)(OC)OC(=Cc1ccccc1)c1ccccc1. The van der Waals surface area contributed by atoms with Gasteiger partial charge in [0.15, 0.2) is 0 Å². The number of rotatable bonds is 6. The largest absolute Gasteiger partial charge is 0.529 e. The Hall–Kier alpha value is -1.87. The molecule has 0 bridgehead atoms. The predicted molar refractivity (Wildman–Crippen MR) is 83.5 cm³/mol. The van der Waals surface area contributed by atoms with Crippen LogP contribution in [-0.2, 0) is 18.1 Å². The predicted octanol–water partition coefficient (Wildman–Crippen LogP) is 4.60. The zero-order chi connectivity index (χ0) is 15.1. The van der Waals surface area contributed by atoms with Gasteiger partial charge >= 0.3 is 7.82 Å². The van der Waals surface area contributed by atoms with E-state index in [9.17, 15) is 4.57 Å². The number of phosphoric ester groups is 1. The summed E-state index contributed by atoms with van der Waals surface area (Å²) in [4.78, 5) is 0. The summed E-state index contributed by atoms with van der Waals surface area (Å²) in [5, 5.41) is 0. The van der Waals surface area contributed by atoms with Crippen LogP contribution in [0.15, 0.2) is 60.7 Å². The van der Waals surface area contributed by atoms with Crippen LogP contribution >= 0.6 is 7.82 Å². The molecule has 110 valence electrons. The van der Waals surface area contributed by atoms with Crippen molar-refractivity contribution in [3.05, 3.63) is 71.8 Å². The second-order valence-electron chi connectivity index (χ2n) is 4.19. The van der Waals surface area contributed by atoms with Gasteiger partial charge < -0.3 is 4.52 Å². The molecule has 0 fully saturated rings. The molecule has 0 spiro atoms. The van der Waals surface area contributed by atoms with Gasteiger partial charge in [-0.2, -0.15) is 0 Å². The maximum atomic E-state index is 12.2. The van der Waals surface area contributed by atoms with Crippen molar-refractivity contribution in [1.82, 2.24) is 0 Å². The highest BCUT2D eigenvalue weighted by Gasteiger charge is 2.26. The molecule has 2 aromatic carbocycles. The standard InChI is InChI=1S/C16H17O4P/c1-18-21(17,19-2)20-16(15-11-7-4-8-12-15)13-14-9-5-3-6-10-14/h3-13H,1-2H3. The smallest absolute Gasteiger partial charge is 0.403 e. The molecule has 4 nitrogen and oxygen atoms in total. The molecule has 0 heterocycles. The number of benzene rings is 2. The molecular weight excluding hydrogens is 287 g/mol. The van der Waals surface area contributed by atoms with Crippen LogP contribution in [-0.4, -0.2) is 14.2 Å². The summed E-state index contributed by atoms with van der Waals surface area (Å²) in [6.07, 6.45) is 1.79. The van der Waals surface area contributed by atoms with Gasteiger partial charge in [0.25, 0.3) is 0 Å². The van der Waals surface area contributed by atoms with Crippen LogP contribution in [0.5, 0.6) is 0 Å². The van der Waals surface area contributed by atoms with Crippen LogP contribution in [0.3, 0.4) is 0 Å². The van der Waals surface area contributed by atoms with E-state index in [4.69, 9.17) is 13.6 Å². The highest BCUT2D eigenvalue weighted by Crippen LogP contribution is 2.51. The number of hydrogen-bond donors (Lipinski definition) is 0. The average Bonchev–Trinajstić information content (AvgIpc) is 2.56. The molecule has 0 N–H and O–H groups in total. The molecule has 0 amide bonds. The highest BCUT2D eigenvalue weighted by molar-refractivity contribution is 7.48. The summed E-state index contributed by atoms with van der Waals surface area (Å²) < 4.78 is 27.4. The maximum absolute atomic E-state index is 12.2. The molecule has 5 heteroatoms. The summed E-state index contributed by atoms with van der Waals surface area (Å²) in [5.74, 6) is 0.425. The Kier molecular flexibility index (Phi) is 5.34. The molecule has 0 saturated heterocycles. The summed E-state index contributed by atoms with van der Waals surface area (Å²) >= 11 is 0. The first-order valence-electron chi connectivity index (χ1n) is 6.40. The Morgan fingerprint density at radius 2 is 1.43 bits per heavy atom. The van der Waals surface area contributed by atoms with Crippen LogP contribution in [0.1, 0.15) is 11.1 Å². The lowest BCUT2D eigenvalue weighted by atomic mass is 10.1. The second kappa shape index (κ2) is 7.23. The zero-order valence-electron chi connectivity index (χ0n) is 11.9. The zero-order valence-corrected chi connectivity index (χ0v) is 12.8. The quantitative estimate of drug-likeness (QED) is 0.444. The molecule has 21 heavy (non-hydrogen) atoms. The van der Waals surface area contributed by atoms with E-state index in [1.54, 1.807) is 6.08 Å². The van der Waals surface area contributed by atoms with Crippen molar-refractivity contribution in [3.8, 4) is 0 Å². The number of phosphoric acid groups is 1. The number of hydrogen-bond acceptors (Lipinski definition) is 4. The Bertz CT molecular complexity index is 630. The van der Waals surface area contributed by atoms with E-state index in [0.717, 1.165) is 11.1 Å². The third kappa shape index (κ3) is 4.30. The van der Waals surface area contributed by atoms with Crippen molar-refractivity contribution in [2.45, 2.75) is 0 Å². The van der Waals surface area contributed by atoms with Crippen molar-refractivity contribution in [2.24, 2.45) is 0 Å². The van der Waals surface area contributed by atoms with Gasteiger partial charge in [-0.25, -0.2) is 4.57 Å². The van der Waals surface area contributed by atoms with Gasteiger partial charge in [-0.3, -0.25) is 9.05 Å². The van der Waals surface area contributed by atoms with Crippen molar-refractivity contribution in [2.75, 3.05) is 14.2 Å². The van der Waals surface area contributed by atoms with E-state index < -0.39 is 7.82 Å². The molecule has 0 aliphatic heterocycles. The van der Waals surface area contributed by atoms with Gasteiger partial charge in [0.05, 0.1) is 0 Å². The Balaban J connectivity index is 2.41. The molecule has 0 radical (unpaired) electrons. The summed E-state index contributed by atoms with van der Waals surface area (Å²) in [6, 6.07) is 19.0. The molecule has 0 saturated carbocycles. The van der Waals surface area contributed by atoms with Crippen LogP contribution in [0.25, 0.3) is 11.8 Å². The Morgan fingerprint density at radius 3 is 1.95 bits per heavy atom. The summed E-state index contributed by atoms with van der Waals surface area (Å²) in [5.41, 5.74) is 1.71. The lowest BCUT2D eigenvalue weighted by Gasteiger charge is -2.17. The fourth-order valence-electron chi connectivity index (χ4n) is 1.73. The van der Waals surface area contributed by atoms with Gasteiger partial charge in [-0.15, -0.1) is 0 Å². The van der Waals surface area contributed by atoms with Gasteiger partial charge in [-0.05, 0) is 11.6 Å². The minimum absolute atomic E-state index is 0.425. The monoisotopic (exact) mass is 304 g/mol. The fraction of sp³-hybridized carbons (Fsp3) is 0.125. The third-order valence-corrected chi connectivity index (χ3v) is 4.13. The van der Waals surface area contributed by atoms with Gasteiger partial charge in [-0.1, -0.05) is 60.7 Å². The molecule has 0 atom stereocenters. The third-order valence-electron chi connectivity index (χ3n) is 2.81. The molecule has 2 rings (SSSR count). The topological polar surface area (TPSA) is 44.8 Å². The van der Waals surface area contributed by atoms with Gasteiger partial charge in [0, 0.05) is 19.8 Å². The van der Waals surface area contributed by atoms with Gasteiger partial charge in [0.2, 0.25) is 0 Å². The normalized spacial score (nSPS) is 12.2. The van der Waals surface area contributed by atoms with E-state index in [-0.39, 0.29) is 0 Å². The van der Waals surface area contributed by atoms with Crippen LogP contribution < -0.4 is 0 Å². The van der Waals surface area contributed by atoms with E-state index in [2.05, 4.69) is 0 Å². The summed E-state index contributed by atoms with van der Waals surface area (Å²) in [7, 11) is -1.03. The fourth-order valence-corrected chi connectivity index (χ4v) is 2.43. The molecule has 0 aliphatic carbocycles. The van der Waals surface area contributed by atoms with E-state index in [1.165, 1.54) is 14.2 Å². The maximum Gasteiger partial charge on any atom is 0.529 e. The van der Waals surface area contributed by atoms with Crippen molar-refractivity contribution < 1.29 is 18.1 Å². The average molecular weight is 304 g/mol. The molecule has 2 aromatic rings. The molecule has 0 unspecified atom stereocenters. The molecule has 0 aliphatic rings. The lowest BCUT2D eigenvalue weighted by Crippen LogP contribution is -1.95. The van der Waals surface area contributed by atoms with Crippen LogP contribution in [0, 0.1) is 0 Å². The molecule has 0 aromatic heterocycles. The van der Waals surface area contributed by atoms with E-state index in [0.29, 0.717) is 5.76 Å². The first kappa shape index (κ1) is 15.5. The van der Waals surface area contributed by atoms with Gasteiger partial charge in [0.1, 0.15) is 5.76 Å². The Labute approximate surface area is 124 Å². The highest BCUT2D eigenvalue weighted by atomic mass is 31.2. The minimum atomic E-state index is -3.61. The van der Waals surface area contributed by atoms with Crippen molar-refractivity contribution >= 4 is 19.7 Å². The lowest BCUT2D eigenvalue weighted by molar-refractivity contribution is 0.201. The van der Waals surface area contributed by atoms with Crippen LogP contribution in [0.2, 0.25) is 0 Å². The minimum Gasteiger partial charge on any atom is -0.403 e. The van der Waals surface area contributed by atoms with Crippen LogP contribution in [0.4, 0.5) is 0 Å². The van der Waals surface area contributed by atoms with Crippen molar-refractivity contribution in [3.63, 3.8) is 0 Å². The van der Waals surface area contributed by atoms with Crippen molar-refractivity contribution in [1.29, 1.82) is 0 Å². The Morgan fingerprint density at radius 1 is 0.905 bits per heavy atom.